The Labute approximate surface area is 361 Å². The minimum absolute atomic E-state index is 0.381. The minimum Gasteiger partial charge on any atom is -0.453 e. The monoisotopic (exact) mass is 796 g/mol. The maximum atomic E-state index is 6.55. The van der Waals surface area contributed by atoms with E-state index < -0.39 is 0 Å². The smallest absolute Gasteiger partial charge is 0.152 e. The Balaban J connectivity index is 0.899. The summed E-state index contributed by atoms with van der Waals surface area (Å²) in [6.45, 7) is 0. The molecule has 0 saturated heterocycles. The molecule has 1 aliphatic heterocycles. The van der Waals surface area contributed by atoms with Crippen LogP contribution in [-0.4, -0.2) is 4.57 Å². The molecular formula is C59H44N2O. The molecule has 0 spiro atoms. The highest BCUT2D eigenvalue weighted by Gasteiger charge is 2.58. The van der Waals surface area contributed by atoms with Crippen molar-refractivity contribution in [2.75, 3.05) is 4.90 Å². The van der Waals surface area contributed by atoms with Crippen molar-refractivity contribution in [3.63, 3.8) is 0 Å². The number of aromatic nitrogens is 1. The van der Waals surface area contributed by atoms with Gasteiger partial charge in [0.05, 0.1) is 22.4 Å². The van der Waals surface area contributed by atoms with Gasteiger partial charge in [-0.3, -0.25) is 0 Å². The third-order valence-corrected chi connectivity index (χ3v) is 15.4. The van der Waals surface area contributed by atoms with Gasteiger partial charge in [0.2, 0.25) is 0 Å². The Morgan fingerprint density at radius 2 is 1.13 bits per heavy atom. The topological polar surface area (TPSA) is 17.4 Å². The van der Waals surface area contributed by atoms with E-state index in [0.717, 1.165) is 51.7 Å². The first-order valence-corrected chi connectivity index (χ1v) is 22.5. The van der Waals surface area contributed by atoms with Crippen LogP contribution in [0.3, 0.4) is 0 Å². The lowest BCUT2D eigenvalue weighted by molar-refractivity contribution is 0.266. The van der Waals surface area contributed by atoms with E-state index in [1.807, 2.05) is 0 Å². The molecule has 9 aromatic carbocycles. The Morgan fingerprint density at radius 3 is 1.95 bits per heavy atom. The van der Waals surface area contributed by atoms with Crippen molar-refractivity contribution in [2.45, 2.75) is 37.5 Å². The van der Waals surface area contributed by atoms with Gasteiger partial charge in [-0.05, 0) is 154 Å². The maximum absolute atomic E-state index is 6.55. The summed E-state index contributed by atoms with van der Waals surface area (Å²) < 4.78 is 8.94. The molecule has 4 saturated carbocycles. The highest BCUT2D eigenvalue weighted by Crippen LogP contribution is 2.66. The predicted octanol–water partition coefficient (Wildman–Crippen LogP) is 16.1. The zero-order valence-electron chi connectivity index (χ0n) is 34.5. The Kier molecular flexibility index (Phi) is 7.23. The molecule has 15 rings (SSSR count). The van der Waals surface area contributed by atoms with Gasteiger partial charge in [0, 0.05) is 27.5 Å². The number of hydrogen-bond acceptors (Lipinski definition) is 2. The van der Waals surface area contributed by atoms with Crippen LogP contribution < -0.4 is 9.64 Å². The number of nitrogens with zero attached hydrogens (tertiary/aromatic N) is 2. The Bertz CT molecular complexity index is 3430. The lowest BCUT2D eigenvalue weighted by atomic mass is 9.71. The van der Waals surface area contributed by atoms with Crippen LogP contribution in [0.4, 0.5) is 17.1 Å². The van der Waals surface area contributed by atoms with Gasteiger partial charge >= 0.3 is 0 Å². The molecule has 2 heterocycles. The van der Waals surface area contributed by atoms with Gasteiger partial charge in [0.25, 0.3) is 0 Å². The van der Waals surface area contributed by atoms with E-state index >= 15 is 0 Å². The molecule has 4 bridgehead atoms. The summed E-state index contributed by atoms with van der Waals surface area (Å²) >= 11 is 0. The first-order chi connectivity index (χ1) is 30.7. The van der Waals surface area contributed by atoms with Crippen LogP contribution in [0.1, 0.15) is 37.7 Å². The highest BCUT2D eigenvalue weighted by molar-refractivity contribution is 6.13. The van der Waals surface area contributed by atoms with Crippen LogP contribution in [0.5, 0.6) is 11.5 Å². The molecule has 2 atom stereocenters. The number of benzene rings is 9. The molecule has 1 aromatic heterocycles. The molecule has 0 amide bonds. The summed E-state index contributed by atoms with van der Waals surface area (Å²) in [5.74, 6) is 4.49. The fourth-order valence-electron chi connectivity index (χ4n) is 13.0. The zero-order valence-corrected chi connectivity index (χ0v) is 34.5. The second-order valence-corrected chi connectivity index (χ2v) is 18.6. The first-order valence-electron chi connectivity index (χ1n) is 22.5. The predicted molar refractivity (Wildman–Crippen MR) is 257 cm³/mol. The number of ether oxygens (including phenoxy) is 1. The largest absolute Gasteiger partial charge is 0.453 e. The van der Waals surface area contributed by atoms with Gasteiger partial charge in [0.15, 0.2) is 11.5 Å². The number of rotatable bonds is 6. The molecule has 0 radical (unpaired) electrons. The highest BCUT2D eigenvalue weighted by atomic mass is 16.5. The lowest BCUT2D eigenvalue weighted by Crippen LogP contribution is -2.27. The van der Waals surface area contributed by atoms with E-state index in [0.29, 0.717) is 5.41 Å². The average molecular weight is 797 g/mol. The van der Waals surface area contributed by atoms with Crippen molar-refractivity contribution in [1.82, 2.24) is 4.57 Å². The zero-order chi connectivity index (χ0) is 40.5. The van der Waals surface area contributed by atoms with Gasteiger partial charge in [-0.15, -0.1) is 0 Å². The fourth-order valence-corrected chi connectivity index (χ4v) is 13.0. The van der Waals surface area contributed by atoms with E-state index in [2.05, 4.69) is 198 Å². The van der Waals surface area contributed by atoms with Crippen LogP contribution in [0.2, 0.25) is 0 Å². The second kappa shape index (κ2) is 13.0. The number of anilines is 3. The van der Waals surface area contributed by atoms with E-state index in [1.165, 1.54) is 98.0 Å². The van der Waals surface area contributed by atoms with Crippen LogP contribution in [0.15, 0.2) is 188 Å². The van der Waals surface area contributed by atoms with Gasteiger partial charge in [0.1, 0.15) is 0 Å². The number of fused-ring (bicyclic) bond motifs is 7. The summed E-state index contributed by atoms with van der Waals surface area (Å²) in [4.78, 5) is 2.49. The molecule has 3 heteroatoms. The van der Waals surface area contributed by atoms with Gasteiger partial charge in [-0.25, -0.2) is 0 Å². The average Bonchev–Trinajstić information content (AvgIpc) is 3.90. The SMILES string of the molecule is c1ccc2c(-c3ccc(N(c4ccc(-c5ccc6c(c5)-n5c7ccccc7c7cccc(c75)O6)cc4)c4ccc(C56CC7CC(CC5C7)C6)cc4)c4ccccc34)cccc2c1. The summed E-state index contributed by atoms with van der Waals surface area (Å²) in [6.07, 6.45) is 7.09. The van der Waals surface area contributed by atoms with Crippen molar-refractivity contribution >= 4 is 60.4 Å². The Hall–Kier alpha value is -7.10. The molecule has 62 heavy (non-hydrogen) atoms. The summed E-state index contributed by atoms with van der Waals surface area (Å²) in [5.41, 5.74) is 13.7. The van der Waals surface area contributed by atoms with E-state index in [4.69, 9.17) is 4.74 Å². The first kappa shape index (κ1) is 34.6. The van der Waals surface area contributed by atoms with Crippen molar-refractivity contribution in [2.24, 2.45) is 17.8 Å². The molecule has 3 nitrogen and oxygen atoms in total. The number of hydrogen-bond donors (Lipinski definition) is 0. The third-order valence-electron chi connectivity index (χ3n) is 15.4. The molecule has 0 N–H and O–H groups in total. The third kappa shape index (κ3) is 4.94. The molecule has 4 fully saturated rings. The van der Waals surface area contributed by atoms with Crippen molar-refractivity contribution < 1.29 is 4.74 Å². The van der Waals surface area contributed by atoms with Gasteiger partial charge in [-0.2, -0.15) is 0 Å². The van der Waals surface area contributed by atoms with Gasteiger partial charge in [-0.1, -0.05) is 133 Å². The van der Waals surface area contributed by atoms with E-state index in [-0.39, 0.29) is 0 Å². The van der Waals surface area contributed by atoms with Crippen LogP contribution in [-0.2, 0) is 5.41 Å². The minimum atomic E-state index is 0.381. The standard InChI is InChI=1S/C59H44N2O/c1-2-11-46-40(9-1)10-7-15-47(46)49-28-29-54(50-13-4-3-12-48(49)50)60(45-26-22-42(23-27-45)59-35-37-31-38(36-59)33-43(59)32-37)44-24-19-39(20-25-44)41-21-30-56-55(34-41)61-53-17-6-5-14-51(53)52-16-8-18-57(62-56)58(52)61/h1-30,34,37-38,43H,31-33,35-36H2. The quantitative estimate of drug-likeness (QED) is 0.167. The van der Waals surface area contributed by atoms with Crippen LogP contribution >= 0.6 is 0 Å². The molecule has 2 unspecified atom stereocenters. The van der Waals surface area contributed by atoms with Gasteiger partial charge < -0.3 is 14.2 Å². The van der Waals surface area contributed by atoms with Crippen LogP contribution in [0, 0.1) is 17.8 Å². The fraction of sp³-hybridized carbons (Fsp3) is 0.153. The lowest BCUT2D eigenvalue weighted by Gasteiger charge is -2.34. The van der Waals surface area contributed by atoms with E-state index in [9.17, 15) is 0 Å². The normalized spacial score (nSPS) is 20.6. The maximum Gasteiger partial charge on any atom is 0.152 e. The summed E-state index contributed by atoms with van der Waals surface area (Å²) in [5, 5.41) is 7.47. The van der Waals surface area contributed by atoms with E-state index in [1.54, 1.807) is 5.56 Å². The van der Waals surface area contributed by atoms with Crippen LogP contribution in [0.25, 0.3) is 71.3 Å². The molecule has 296 valence electrons. The molecular weight excluding hydrogens is 753 g/mol. The second-order valence-electron chi connectivity index (χ2n) is 18.6. The van der Waals surface area contributed by atoms with Crippen molar-refractivity contribution in [3.8, 4) is 39.4 Å². The molecule has 5 aliphatic rings. The number of para-hydroxylation sites is 2. The van der Waals surface area contributed by atoms with Crippen molar-refractivity contribution in [3.05, 3.63) is 194 Å². The molecule has 10 aromatic rings. The Morgan fingerprint density at radius 1 is 0.484 bits per heavy atom. The molecule has 4 aliphatic carbocycles. The summed E-state index contributed by atoms with van der Waals surface area (Å²) in [6, 6.07) is 69.8. The summed E-state index contributed by atoms with van der Waals surface area (Å²) in [7, 11) is 0. The van der Waals surface area contributed by atoms with Crippen molar-refractivity contribution in [1.29, 1.82) is 0 Å².